The normalized spacial score (nSPS) is 18.0. The Hall–Kier alpha value is -2.68. The minimum absolute atomic E-state index is 0.296. The van der Waals surface area contributed by atoms with Crippen LogP contribution in [0.3, 0.4) is 0 Å². The number of fused-ring (bicyclic) bond motifs is 1. The van der Waals surface area contributed by atoms with Gasteiger partial charge in [0.15, 0.2) is 0 Å². The van der Waals surface area contributed by atoms with E-state index in [2.05, 4.69) is 15.6 Å². The molecular weight excluding hydrogens is 416 g/mol. The number of aryl methyl sites for hydroxylation is 3. The average molecular weight is 445 g/mol. The quantitative estimate of drug-likeness (QED) is 0.539. The summed E-state index contributed by atoms with van der Waals surface area (Å²) in [4.78, 5) is 32.3. The summed E-state index contributed by atoms with van der Waals surface area (Å²) in [6, 6.07) is 0. The molecule has 1 aliphatic heterocycles. The molecule has 0 saturated heterocycles. The summed E-state index contributed by atoms with van der Waals surface area (Å²) in [6.45, 7) is 6.78. The molecule has 0 saturated carbocycles. The van der Waals surface area contributed by atoms with E-state index < -0.39 is 6.10 Å². The van der Waals surface area contributed by atoms with Gasteiger partial charge >= 0.3 is 5.97 Å². The molecule has 1 atom stereocenters. The maximum Gasteiger partial charge on any atom is 0.341 e. The molecule has 0 aromatic carbocycles. The number of aromatic nitrogens is 2. The second-order valence-corrected chi connectivity index (χ2v) is 8.90. The van der Waals surface area contributed by atoms with E-state index in [-0.39, 0.29) is 11.9 Å². The van der Waals surface area contributed by atoms with Gasteiger partial charge in [0, 0.05) is 29.6 Å². The van der Waals surface area contributed by atoms with Gasteiger partial charge < -0.3 is 14.9 Å². The number of oxime groups is 1. The second-order valence-electron chi connectivity index (χ2n) is 7.80. The lowest BCUT2D eigenvalue weighted by molar-refractivity contribution is -0.125. The summed E-state index contributed by atoms with van der Waals surface area (Å²) < 4.78 is 7.13. The van der Waals surface area contributed by atoms with Crippen LogP contribution in [-0.4, -0.2) is 40.1 Å². The van der Waals surface area contributed by atoms with Crippen LogP contribution in [0.1, 0.15) is 71.6 Å². The Morgan fingerprint density at radius 1 is 1.29 bits per heavy atom. The standard InChI is InChI=1S/C22H28N4O4S/c1-4-26-12-15(13(3)24-26)16-11-17(30-25-16)20(27)23-21-19(22(28)29-5-2)14-9-7-6-8-10-18(14)31-21/h12,17H,4-11H2,1-3H3,(H,23,27). The number of nitrogens with one attached hydrogen (secondary N) is 1. The van der Waals surface area contributed by atoms with E-state index >= 15 is 0 Å². The van der Waals surface area contributed by atoms with Crippen LogP contribution < -0.4 is 5.32 Å². The molecule has 2 aliphatic rings. The van der Waals surface area contributed by atoms with Gasteiger partial charge in [-0.3, -0.25) is 9.48 Å². The lowest BCUT2D eigenvalue weighted by Gasteiger charge is -2.11. The maximum absolute atomic E-state index is 13.0. The summed E-state index contributed by atoms with van der Waals surface area (Å²) in [5, 5.41) is 12.1. The molecule has 1 N–H and O–H groups in total. The van der Waals surface area contributed by atoms with Crippen LogP contribution in [0.15, 0.2) is 11.4 Å². The summed E-state index contributed by atoms with van der Waals surface area (Å²) in [5.74, 6) is -0.676. The minimum Gasteiger partial charge on any atom is -0.462 e. The number of esters is 1. The highest BCUT2D eigenvalue weighted by molar-refractivity contribution is 7.17. The topological polar surface area (TPSA) is 94.8 Å². The zero-order chi connectivity index (χ0) is 22.0. The van der Waals surface area contributed by atoms with Gasteiger partial charge in [-0.2, -0.15) is 5.10 Å². The Balaban J connectivity index is 1.51. The van der Waals surface area contributed by atoms with Crippen LogP contribution in [0.25, 0.3) is 0 Å². The Morgan fingerprint density at radius 2 is 2.10 bits per heavy atom. The Kier molecular flexibility index (Phi) is 6.41. The fraction of sp³-hybridized carbons (Fsp3) is 0.545. The van der Waals surface area contributed by atoms with Crippen LogP contribution >= 0.6 is 11.3 Å². The van der Waals surface area contributed by atoms with E-state index in [1.54, 1.807) is 6.92 Å². The molecule has 1 amide bonds. The van der Waals surface area contributed by atoms with Gasteiger partial charge in [0.25, 0.3) is 5.91 Å². The number of hydrogen-bond acceptors (Lipinski definition) is 7. The molecular formula is C22H28N4O4S. The smallest absolute Gasteiger partial charge is 0.341 e. The lowest BCUT2D eigenvalue weighted by atomic mass is 10.0. The Labute approximate surface area is 185 Å². The zero-order valence-electron chi connectivity index (χ0n) is 18.2. The predicted molar refractivity (Wildman–Crippen MR) is 119 cm³/mol. The Morgan fingerprint density at radius 3 is 2.84 bits per heavy atom. The summed E-state index contributed by atoms with van der Waals surface area (Å²) >= 11 is 1.48. The van der Waals surface area contributed by atoms with Crippen molar-refractivity contribution in [3.05, 3.63) is 33.5 Å². The maximum atomic E-state index is 13.0. The van der Waals surface area contributed by atoms with Crippen molar-refractivity contribution >= 4 is 33.9 Å². The SMILES string of the molecule is CCOC(=O)c1c(NC(=O)C2CC(c3cn(CC)nc3C)=NO2)sc2c1CCCCC2. The molecule has 0 spiro atoms. The highest BCUT2D eigenvalue weighted by Crippen LogP contribution is 2.38. The summed E-state index contributed by atoms with van der Waals surface area (Å²) in [5.41, 5.74) is 4.01. The summed E-state index contributed by atoms with van der Waals surface area (Å²) in [6.07, 6.45) is 6.59. The van der Waals surface area contributed by atoms with E-state index in [9.17, 15) is 9.59 Å². The van der Waals surface area contributed by atoms with Crippen molar-refractivity contribution in [2.24, 2.45) is 5.16 Å². The van der Waals surface area contributed by atoms with E-state index in [1.807, 2.05) is 24.7 Å². The molecule has 1 aliphatic carbocycles. The monoisotopic (exact) mass is 444 g/mol. The van der Waals surface area contributed by atoms with Crippen molar-refractivity contribution in [2.75, 3.05) is 11.9 Å². The van der Waals surface area contributed by atoms with Crippen molar-refractivity contribution in [3.8, 4) is 0 Å². The van der Waals surface area contributed by atoms with Crippen molar-refractivity contribution in [2.45, 2.75) is 71.9 Å². The van der Waals surface area contributed by atoms with Crippen LogP contribution in [-0.2, 0) is 33.8 Å². The fourth-order valence-electron chi connectivity index (χ4n) is 4.08. The van der Waals surface area contributed by atoms with E-state index in [1.165, 1.54) is 16.2 Å². The van der Waals surface area contributed by atoms with Crippen molar-refractivity contribution in [1.82, 2.24) is 9.78 Å². The fourth-order valence-corrected chi connectivity index (χ4v) is 5.36. The van der Waals surface area contributed by atoms with Crippen molar-refractivity contribution < 1.29 is 19.2 Å². The molecule has 2 aromatic rings. The van der Waals surface area contributed by atoms with E-state index in [0.29, 0.717) is 29.3 Å². The van der Waals surface area contributed by atoms with E-state index in [0.717, 1.165) is 55.5 Å². The highest BCUT2D eigenvalue weighted by atomic mass is 32.1. The minimum atomic E-state index is -0.740. The number of anilines is 1. The van der Waals surface area contributed by atoms with Crippen LogP contribution in [0, 0.1) is 6.92 Å². The molecule has 1 unspecified atom stereocenters. The van der Waals surface area contributed by atoms with Gasteiger partial charge in [-0.25, -0.2) is 4.79 Å². The first-order chi connectivity index (χ1) is 15.0. The van der Waals surface area contributed by atoms with Crippen LogP contribution in [0.2, 0.25) is 0 Å². The number of amides is 1. The molecule has 3 heterocycles. The van der Waals surface area contributed by atoms with Gasteiger partial charge in [0.05, 0.1) is 23.6 Å². The molecule has 0 fully saturated rings. The van der Waals surface area contributed by atoms with Crippen molar-refractivity contribution in [1.29, 1.82) is 0 Å². The van der Waals surface area contributed by atoms with E-state index in [4.69, 9.17) is 9.57 Å². The number of hydrogen-bond donors (Lipinski definition) is 1. The average Bonchev–Trinajstić information content (AvgIpc) is 3.41. The van der Waals surface area contributed by atoms with Gasteiger partial charge in [0.2, 0.25) is 6.10 Å². The zero-order valence-corrected chi connectivity index (χ0v) is 19.0. The molecule has 2 aromatic heterocycles. The molecule has 9 heteroatoms. The number of carbonyl (C=O) groups excluding carboxylic acids is 2. The number of nitrogens with zero attached hydrogens (tertiary/aromatic N) is 3. The first-order valence-corrected chi connectivity index (χ1v) is 11.7. The highest BCUT2D eigenvalue weighted by Gasteiger charge is 2.33. The molecule has 4 rings (SSSR count). The predicted octanol–water partition coefficient (Wildman–Crippen LogP) is 3.85. The molecule has 166 valence electrons. The van der Waals surface area contributed by atoms with Crippen LogP contribution in [0.4, 0.5) is 5.00 Å². The lowest BCUT2D eigenvalue weighted by Crippen LogP contribution is -2.28. The van der Waals surface area contributed by atoms with Gasteiger partial charge in [-0.15, -0.1) is 11.3 Å². The third-order valence-electron chi connectivity index (χ3n) is 5.68. The molecule has 8 nitrogen and oxygen atoms in total. The largest absolute Gasteiger partial charge is 0.462 e. The van der Waals surface area contributed by atoms with Gasteiger partial charge in [-0.1, -0.05) is 11.6 Å². The number of rotatable bonds is 6. The summed E-state index contributed by atoms with van der Waals surface area (Å²) in [7, 11) is 0. The van der Waals surface area contributed by atoms with Crippen molar-refractivity contribution in [3.63, 3.8) is 0 Å². The first kappa shape index (κ1) is 21.5. The third kappa shape index (κ3) is 4.37. The number of ether oxygens (including phenoxy) is 1. The van der Waals surface area contributed by atoms with Crippen LogP contribution in [0.5, 0.6) is 0 Å². The molecule has 0 bridgehead atoms. The second kappa shape index (κ2) is 9.21. The number of carbonyl (C=O) groups is 2. The first-order valence-electron chi connectivity index (χ1n) is 10.9. The Bertz CT molecular complexity index is 1020. The third-order valence-corrected chi connectivity index (χ3v) is 6.89. The van der Waals surface area contributed by atoms with Gasteiger partial charge in [0.1, 0.15) is 5.00 Å². The molecule has 31 heavy (non-hydrogen) atoms. The van der Waals surface area contributed by atoms with Gasteiger partial charge in [-0.05, 0) is 52.0 Å². The number of thiophene rings is 1. The molecule has 0 radical (unpaired) electrons.